The summed E-state index contributed by atoms with van der Waals surface area (Å²) in [6, 6.07) is 7.97. The van der Waals surface area contributed by atoms with Crippen molar-refractivity contribution in [2.45, 2.75) is 31.6 Å². The normalized spacial score (nSPS) is 11.5. The lowest BCUT2D eigenvalue weighted by Crippen LogP contribution is -2.26. The fraction of sp³-hybridized carbons (Fsp3) is 0.231. The zero-order chi connectivity index (χ0) is 29.0. The van der Waals surface area contributed by atoms with Gasteiger partial charge in [-0.3, -0.25) is 9.52 Å². The van der Waals surface area contributed by atoms with E-state index in [2.05, 4.69) is 20.6 Å². The van der Waals surface area contributed by atoms with Crippen LogP contribution in [0, 0.1) is 17.5 Å². The Labute approximate surface area is 233 Å². The molecular formula is C26H25F3N6O3S2. The fourth-order valence-electron chi connectivity index (χ4n) is 3.62. The molecule has 14 heteroatoms. The fourth-order valence-corrected chi connectivity index (χ4v) is 5.88. The lowest BCUT2D eigenvalue weighted by Gasteiger charge is -2.12. The molecule has 0 saturated carbocycles. The molecule has 0 aliphatic rings. The first-order chi connectivity index (χ1) is 19.0. The van der Waals surface area contributed by atoms with Crippen LogP contribution in [0.25, 0.3) is 21.8 Å². The summed E-state index contributed by atoms with van der Waals surface area (Å²) >= 11 is 1.36. The van der Waals surface area contributed by atoms with Crippen LogP contribution in [0.5, 0.6) is 0 Å². The Morgan fingerprint density at radius 2 is 1.73 bits per heavy atom. The molecule has 9 nitrogen and oxygen atoms in total. The van der Waals surface area contributed by atoms with Crippen molar-refractivity contribution in [3.05, 3.63) is 71.1 Å². The molecule has 0 fully saturated rings. The Kier molecular flexibility index (Phi) is 8.69. The zero-order valence-electron chi connectivity index (χ0n) is 21.6. The number of hydrogen-bond donors (Lipinski definition) is 3. The molecule has 40 heavy (non-hydrogen) atoms. The van der Waals surface area contributed by atoms with E-state index in [0.29, 0.717) is 40.9 Å². The Balaban J connectivity index is 1.71. The highest BCUT2D eigenvalue weighted by Crippen LogP contribution is 2.39. The van der Waals surface area contributed by atoms with E-state index in [1.165, 1.54) is 30.4 Å². The first-order valence-corrected chi connectivity index (χ1v) is 14.4. The second kappa shape index (κ2) is 12.0. The summed E-state index contributed by atoms with van der Waals surface area (Å²) in [5.74, 6) is -3.37. The van der Waals surface area contributed by atoms with Crippen LogP contribution < -0.4 is 15.4 Å². The number of carbonyl (C=O) groups is 1. The number of anilines is 2. The predicted molar refractivity (Wildman–Crippen MR) is 147 cm³/mol. The van der Waals surface area contributed by atoms with Crippen LogP contribution in [0.2, 0.25) is 0 Å². The third-order valence-corrected chi connectivity index (χ3v) is 8.27. The molecule has 2 aromatic carbocycles. The highest BCUT2D eigenvalue weighted by atomic mass is 32.2. The molecular weight excluding hydrogens is 565 g/mol. The average Bonchev–Trinajstić information content (AvgIpc) is 3.34. The minimum atomic E-state index is -4.80. The zero-order valence-corrected chi connectivity index (χ0v) is 23.3. The highest BCUT2D eigenvalue weighted by Gasteiger charge is 2.26. The standard InChI is InChI=1S/C26H25F3N6O3S2/c1-14(2)25-34-22(23(39-25)20-9-10-31-26(33-20)32-12-11-30-15(3)36)16-7-8-17(27)21(13-16)35-40(37,38)24-18(28)5-4-6-19(24)29/h4-10,13-14,35H,11-12H2,1-3H3,(H,30,36)(H,31,32,33). The van der Waals surface area contributed by atoms with Gasteiger partial charge in [0.1, 0.15) is 17.5 Å². The summed E-state index contributed by atoms with van der Waals surface area (Å²) in [7, 11) is -4.80. The summed E-state index contributed by atoms with van der Waals surface area (Å²) < 4.78 is 70.7. The number of nitrogens with zero attached hydrogens (tertiary/aromatic N) is 3. The third kappa shape index (κ3) is 6.57. The van der Waals surface area contributed by atoms with Gasteiger partial charge in [0.15, 0.2) is 4.90 Å². The van der Waals surface area contributed by atoms with Crippen molar-refractivity contribution in [2.24, 2.45) is 0 Å². The molecule has 0 spiro atoms. The van der Waals surface area contributed by atoms with Crippen LogP contribution in [-0.4, -0.2) is 42.4 Å². The molecule has 210 valence electrons. The number of halogens is 3. The molecule has 3 N–H and O–H groups in total. The number of rotatable bonds is 10. The topological polar surface area (TPSA) is 126 Å². The van der Waals surface area contributed by atoms with E-state index in [1.54, 1.807) is 12.3 Å². The number of benzene rings is 2. The quantitative estimate of drug-likeness (QED) is 0.218. The molecule has 2 heterocycles. The molecule has 0 aliphatic carbocycles. The molecule has 0 unspecified atom stereocenters. The average molecular weight is 591 g/mol. The van der Waals surface area contributed by atoms with Crippen molar-refractivity contribution in [3.8, 4) is 21.8 Å². The van der Waals surface area contributed by atoms with Gasteiger partial charge in [0, 0.05) is 37.7 Å². The van der Waals surface area contributed by atoms with Gasteiger partial charge in [0.2, 0.25) is 11.9 Å². The molecule has 0 radical (unpaired) electrons. The van der Waals surface area contributed by atoms with Gasteiger partial charge in [0.05, 0.1) is 27.0 Å². The SMILES string of the molecule is CC(=O)NCCNc1nccc(-c2sc(C(C)C)nc2-c2ccc(F)c(NS(=O)(=O)c3c(F)cccc3F)c2)n1. The molecule has 4 rings (SSSR count). The summed E-state index contributed by atoms with van der Waals surface area (Å²) in [4.78, 5) is 23.9. The van der Waals surface area contributed by atoms with Gasteiger partial charge in [-0.2, -0.15) is 0 Å². The summed E-state index contributed by atoms with van der Waals surface area (Å²) in [6.45, 7) is 6.08. The Morgan fingerprint density at radius 1 is 1.00 bits per heavy atom. The van der Waals surface area contributed by atoms with Crippen LogP contribution in [0.15, 0.2) is 53.6 Å². The number of aromatic nitrogens is 3. The van der Waals surface area contributed by atoms with Crippen molar-refractivity contribution in [1.29, 1.82) is 0 Å². The maximum atomic E-state index is 14.8. The van der Waals surface area contributed by atoms with Crippen molar-refractivity contribution in [2.75, 3.05) is 23.1 Å². The van der Waals surface area contributed by atoms with Gasteiger partial charge in [-0.05, 0) is 36.4 Å². The Morgan fingerprint density at radius 3 is 2.40 bits per heavy atom. The number of nitrogens with one attached hydrogen (secondary N) is 3. The first-order valence-electron chi connectivity index (χ1n) is 12.1. The monoisotopic (exact) mass is 590 g/mol. The van der Waals surface area contributed by atoms with E-state index in [-0.39, 0.29) is 11.8 Å². The molecule has 0 aliphatic heterocycles. The molecule has 2 aromatic heterocycles. The van der Waals surface area contributed by atoms with Gasteiger partial charge < -0.3 is 10.6 Å². The van der Waals surface area contributed by atoms with Crippen LogP contribution in [0.3, 0.4) is 0 Å². The number of thiazole rings is 1. The summed E-state index contributed by atoms with van der Waals surface area (Å²) in [5, 5.41) is 6.44. The maximum absolute atomic E-state index is 14.8. The van der Waals surface area contributed by atoms with E-state index in [9.17, 15) is 26.4 Å². The number of carbonyl (C=O) groups excluding carboxylic acids is 1. The molecule has 0 atom stereocenters. The third-order valence-electron chi connectivity index (χ3n) is 5.48. The van der Waals surface area contributed by atoms with Crippen molar-refractivity contribution in [1.82, 2.24) is 20.3 Å². The van der Waals surface area contributed by atoms with E-state index >= 15 is 0 Å². The highest BCUT2D eigenvalue weighted by molar-refractivity contribution is 7.92. The van der Waals surface area contributed by atoms with Crippen LogP contribution in [-0.2, 0) is 14.8 Å². The number of sulfonamides is 1. The van der Waals surface area contributed by atoms with E-state index < -0.39 is 38.1 Å². The first kappa shape index (κ1) is 29.0. The summed E-state index contributed by atoms with van der Waals surface area (Å²) in [5.41, 5.74) is 0.767. The van der Waals surface area contributed by atoms with E-state index in [4.69, 9.17) is 4.98 Å². The Bertz CT molecular complexity index is 1640. The van der Waals surface area contributed by atoms with Crippen LogP contribution >= 0.6 is 11.3 Å². The minimum Gasteiger partial charge on any atom is -0.355 e. The van der Waals surface area contributed by atoms with Crippen molar-refractivity contribution >= 4 is 38.9 Å². The number of hydrogen-bond acceptors (Lipinski definition) is 8. The molecule has 4 aromatic rings. The lowest BCUT2D eigenvalue weighted by molar-refractivity contribution is -0.118. The molecule has 0 saturated heterocycles. The second-order valence-corrected chi connectivity index (χ2v) is 11.6. The van der Waals surface area contributed by atoms with E-state index in [1.807, 2.05) is 18.6 Å². The van der Waals surface area contributed by atoms with Crippen LogP contribution in [0.1, 0.15) is 31.7 Å². The van der Waals surface area contributed by atoms with Gasteiger partial charge >= 0.3 is 0 Å². The van der Waals surface area contributed by atoms with Gasteiger partial charge in [-0.1, -0.05) is 19.9 Å². The van der Waals surface area contributed by atoms with Gasteiger partial charge in [-0.15, -0.1) is 11.3 Å². The minimum absolute atomic E-state index is 0.0389. The smallest absolute Gasteiger partial charge is 0.267 e. The van der Waals surface area contributed by atoms with Gasteiger partial charge in [0.25, 0.3) is 10.0 Å². The van der Waals surface area contributed by atoms with Crippen molar-refractivity contribution < 1.29 is 26.4 Å². The van der Waals surface area contributed by atoms with Crippen molar-refractivity contribution in [3.63, 3.8) is 0 Å². The van der Waals surface area contributed by atoms with Crippen LogP contribution in [0.4, 0.5) is 24.8 Å². The lowest BCUT2D eigenvalue weighted by atomic mass is 10.1. The second-order valence-electron chi connectivity index (χ2n) is 8.91. The largest absolute Gasteiger partial charge is 0.355 e. The predicted octanol–water partition coefficient (Wildman–Crippen LogP) is 5.16. The summed E-state index contributed by atoms with van der Waals surface area (Å²) in [6.07, 6.45) is 1.55. The molecule has 0 bridgehead atoms. The number of amides is 1. The van der Waals surface area contributed by atoms with E-state index in [0.717, 1.165) is 29.3 Å². The van der Waals surface area contributed by atoms with Gasteiger partial charge in [-0.25, -0.2) is 36.5 Å². The maximum Gasteiger partial charge on any atom is 0.267 e. The molecule has 1 amide bonds. The Hall–Kier alpha value is -4.04.